The molecule has 3 aromatic rings. The summed E-state index contributed by atoms with van der Waals surface area (Å²) in [6, 6.07) is 11.2. The standard InChI is InChI=1S/C25H26N2O6S/c1-13(2)31-23(29)16-9-17(24(30)32-14(3)4)11-19(10-16)27-25(34)26-18-6-7-20-15(5)8-22(28)33-21(20)12-18/h6-14H,1-5H3,(H2,26,27,34). The van der Waals surface area contributed by atoms with E-state index in [9.17, 15) is 14.4 Å². The van der Waals surface area contributed by atoms with Crippen LogP contribution in [0.1, 0.15) is 54.0 Å². The fraction of sp³-hybridized carbons (Fsp3) is 0.280. The molecule has 0 atom stereocenters. The van der Waals surface area contributed by atoms with E-state index in [1.807, 2.05) is 13.0 Å². The van der Waals surface area contributed by atoms with Gasteiger partial charge in [0.05, 0.1) is 23.3 Å². The Kier molecular flexibility index (Phi) is 7.68. The number of carbonyl (C=O) groups excluding carboxylic acids is 2. The first kappa shape index (κ1) is 24.9. The second-order valence-corrected chi connectivity index (χ2v) is 8.65. The zero-order chi connectivity index (χ0) is 25.0. The predicted octanol–water partition coefficient (Wildman–Crippen LogP) is 5.04. The average Bonchev–Trinajstić information content (AvgIpc) is 2.72. The highest BCUT2D eigenvalue weighted by molar-refractivity contribution is 7.80. The summed E-state index contributed by atoms with van der Waals surface area (Å²) < 4.78 is 15.8. The Morgan fingerprint density at radius 2 is 1.41 bits per heavy atom. The zero-order valence-electron chi connectivity index (χ0n) is 19.6. The quantitative estimate of drug-likeness (QED) is 0.284. The minimum Gasteiger partial charge on any atom is -0.459 e. The number of rotatable bonds is 6. The fourth-order valence-electron chi connectivity index (χ4n) is 3.20. The molecule has 8 nitrogen and oxygen atoms in total. The number of carbonyl (C=O) groups is 2. The molecular formula is C25H26N2O6S. The minimum absolute atomic E-state index is 0.181. The Morgan fingerprint density at radius 1 is 0.853 bits per heavy atom. The van der Waals surface area contributed by atoms with Gasteiger partial charge in [0.2, 0.25) is 0 Å². The summed E-state index contributed by atoms with van der Waals surface area (Å²) in [6.45, 7) is 8.78. The molecular weight excluding hydrogens is 456 g/mol. The predicted molar refractivity (Wildman–Crippen MR) is 135 cm³/mol. The smallest absolute Gasteiger partial charge is 0.338 e. The second kappa shape index (κ2) is 10.5. The van der Waals surface area contributed by atoms with Crippen LogP contribution < -0.4 is 16.3 Å². The maximum atomic E-state index is 12.5. The van der Waals surface area contributed by atoms with Crippen molar-refractivity contribution in [1.82, 2.24) is 0 Å². The van der Waals surface area contributed by atoms with Crippen molar-refractivity contribution in [2.45, 2.75) is 46.8 Å². The molecule has 3 rings (SSSR count). The van der Waals surface area contributed by atoms with E-state index in [1.165, 1.54) is 24.3 Å². The molecule has 1 aromatic heterocycles. The molecule has 0 saturated carbocycles. The van der Waals surface area contributed by atoms with Gasteiger partial charge >= 0.3 is 17.6 Å². The SMILES string of the molecule is Cc1cc(=O)oc2cc(NC(=S)Nc3cc(C(=O)OC(C)C)cc(C(=O)OC(C)C)c3)ccc12. The second-order valence-electron chi connectivity index (χ2n) is 8.25. The number of benzene rings is 2. The summed E-state index contributed by atoms with van der Waals surface area (Å²) in [5.74, 6) is -1.15. The van der Waals surface area contributed by atoms with Crippen molar-refractivity contribution in [2.75, 3.05) is 10.6 Å². The topological polar surface area (TPSA) is 107 Å². The van der Waals surface area contributed by atoms with Gasteiger partial charge in [-0.2, -0.15) is 0 Å². The maximum Gasteiger partial charge on any atom is 0.338 e. The number of ether oxygens (including phenoxy) is 2. The number of anilines is 2. The van der Waals surface area contributed by atoms with Crippen LogP contribution in [-0.4, -0.2) is 29.3 Å². The molecule has 0 spiro atoms. The molecule has 2 N–H and O–H groups in total. The molecule has 178 valence electrons. The molecule has 0 radical (unpaired) electrons. The number of hydrogen-bond donors (Lipinski definition) is 2. The van der Waals surface area contributed by atoms with Crippen molar-refractivity contribution in [1.29, 1.82) is 0 Å². The first-order valence-electron chi connectivity index (χ1n) is 10.7. The van der Waals surface area contributed by atoms with E-state index in [4.69, 9.17) is 26.1 Å². The third-order valence-electron chi connectivity index (χ3n) is 4.56. The van der Waals surface area contributed by atoms with E-state index in [2.05, 4.69) is 10.6 Å². The Hall–Kier alpha value is -3.72. The van der Waals surface area contributed by atoms with Crippen LogP contribution in [0.25, 0.3) is 11.0 Å². The van der Waals surface area contributed by atoms with Gasteiger partial charge in [-0.25, -0.2) is 14.4 Å². The largest absolute Gasteiger partial charge is 0.459 e. The molecule has 0 fully saturated rings. The number of aryl methyl sites for hydroxylation is 1. The van der Waals surface area contributed by atoms with Crippen molar-refractivity contribution in [3.63, 3.8) is 0 Å². The van der Waals surface area contributed by atoms with E-state index in [-0.39, 0.29) is 28.4 Å². The van der Waals surface area contributed by atoms with Gasteiger partial charge in [0, 0.05) is 28.9 Å². The van der Waals surface area contributed by atoms with Gasteiger partial charge in [0.25, 0.3) is 0 Å². The van der Waals surface area contributed by atoms with Crippen LogP contribution in [0.5, 0.6) is 0 Å². The van der Waals surface area contributed by atoms with E-state index >= 15 is 0 Å². The number of esters is 2. The molecule has 0 unspecified atom stereocenters. The summed E-state index contributed by atoms with van der Waals surface area (Å²) in [7, 11) is 0. The van der Waals surface area contributed by atoms with Crippen LogP contribution in [0.3, 0.4) is 0 Å². The summed E-state index contributed by atoms with van der Waals surface area (Å²) in [6.07, 6.45) is -0.649. The third-order valence-corrected chi connectivity index (χ3v) is 4.76. The van der Waals surface area contributed by atoms with Gasteiger partial charge in [0.15, 0.2) is 5.11 Å². The van der Waals surface area contributed by atoms with Crippen LogP contribution in [0.4, 0.5) is 11.4 Å². The van der Waals surface area contributed by atoms with Gasteiger partial charge in [-0.3, -0.25) is 0 Å². The van der Waals surface area contributed by atoms with Crippen LogP contribution >= 0.6 is 12.2 Å². The minimum atomic E-state index is -0.573. The van der Waals surface area contributed by atoms with E-state index in [0.717, 1.165) is 10.9 Å². The summed E-state index contributed by atoms with van der Waals surface area (Å²) >= 11 is 5.40. The molecule has 1 heterocycles. The van der Waals surface area contributed by atoms with Crippen molar-refractivity contribution in [3.8, 4) is 0 Å². The van der Waals surface area contributed by atoms with Gasteiger partial charge < -0.3 is 24.5 Å². The maximum absolute atomic E-state index is 12.5. The fourth-order valence-corrected chi connectivity index (χ4v) is 3.43. The highest BCUT2D eigenvalue weighted by atomic mass is 32.1. The van der Waals surface area contributed by atoms with E-state index < -0.39 is 17.6 Å². The van der Waals surface area contributed by atoms with Gasteiger partial charge in [0.1, 0.15) is 5.58 Å². The lowest BCUT2D eigenvalue weighted by Gasteiger charge is -2.15. The first-order valence-corrected chi connectivity index (χ1v) is 11.1. The molecule has 34 heavy (non-hydrogen) atoms. The van der Waals surface area contributed by atoms with Crippen molar-refractivity contribution in [2.24, 2.45) is 0 Å². The lowest BCUT2D eigenvalue weighted by atomic mass is 10.1. The Morgan fingerprint density at radius 3 is 1.97 bits per heavy atom. The van der Waals surface area contributed by atoms with Crippen molar-refractivity contribution < 1.29 is 23.5 Å². The monoisotopic (exact) mass is 482 g/mol. The van der Waals surface area contributed by atoms with Crippen LogP contribution in [-0.2, 0) is 9.47 Å². The first-order chi connectivity index (χ1) is 16.0. The van der Waals surface area contributed by atoms with Crippen LogP contribution in [0, 0.1) is 6.92 Å². The molecule has 0 aliphatic heterocycles. The highest BCUT2D eigenvalue weighted by Crippen LogP contribution is 2.22. The molecule has 0 amide bonds. The van der Waals surface area contributed by atoms with Gasteiger partial charge in [-0.1, -0.05) is 0 Å². The van der Waals surface area contributed by atoms with Gasteiger partial charge in [-0.15, -0.1) is 0 Å². The lowest BCUT2D eigenvalue weighted by molar-refractivity contribution is 0.0377. The highest BCUT2D eigenvalue weighted by Gasteiger charge is 2.17. The van der Waals surface area contributed by atoms with Crippen LogP contribution in [0.15, 0.2) is 51.7 Å². The number of hydrogen-bond acceptors (Lipinski definition) is 7. The van der Waals surface area contributed by atoms with Gasteiger partial charge in [-0.05, 0) is 82.7 Å². The van der Waals surface area contributed by atoms with Crippen LogP contribution in [0.2, 0.25) is 0 Å². The lowest BCUT2D eigenvalue weighted by Crippen LogP contribution is -2.20. The Balaban J connectivity index is 1.85. The molecule has 2 aromatic carbocycles. The van der Waals surface area contributed by atoms with E-state index in [1.54, 1.807) is 39.8 Å². The average molecular weight is 483 g/mol. The molecule has 9 heteroatoms. The zero-order valence-corrected chi connectivity index (χ0v) is 20.4. The Bertz CT molecular complexity index is 1270. The van der Waals surface area contributed by atoms with Crippen molar-refractivity contribution in [3.05, 3.63) is 69.6 Å². The van der Waals surface area contributed by atoms with Crippen molar-refractivity contribution >= 4 is 51.6 Å². The molecule has 0 saturated heterocycles. The third kappa shape index (κ3) is 6.41. The number of thiocarbonyl (C=S) groups is 1. The summed E-state index contributed by atoms with van der Waals surface area (Å²) in [4.78, 5) is 36.6. The molecule has 0 bridgehead atoms. The summed E-state index contributed by atoms with van der Waals surface area (Å²) in [5.41, 5.74) is 2.15. The number of nitrogens with one attached hydrogen (secondary N) is 2. The van der Waals surface area contributed by atoms with E-state index in [0.29, 0.717) is 17.0 Å². The molecule has 0 aliphatic carbocycles. The molecule has 0 aliphatic rings. The summed E-state index contributed by atoms with van der Waals surface area (Å²) in [5, 5.41) is 6.99. The normalized spacial score (nSPS) is 10.9. The Labute approximate surface area is 202 Å². The number of fused-ring (bicyclic) bond motifs is 1.